The highest BCUT2D eigenvalue weighted by molar-refractivity contribution is 5.94. The largest absolute Gasteiger partial charge is 0.506 e. The van der Waals surface area contributed by atoms with Crippen LogP contribution in [0.2, 0.25) is 0 Å². The number of fused-ring (bicyclic) bond motifs is 1. The average Bonchev–Trinajstić information content (AvgIpc) is 3.06. The van der Waals surface area contributed by atoms with Gasteiger partial charge in [0.1, 0.15) is 17.4 Å². The monoisotopic (exact) mass is 367 g/mol. The van der Waals surface area contributed by atoms with Gasteiger partial charge in [0.15, 0.2) is 24.8 Å². The maximum absolute atomic E-state index is 10.8. The Morgan fingerprint density at radius 2 is 1.71 bits per heavy atom. The lowest BCUT2D eigenvalue weighted by Gasteiger charge is -2.05. The molecular formula is C23H19N4O+. The molecule has 5 nitrogen and oxygen atoms in total. The molecule has 2 aromatic carbocycles. The summed E-state index contributed by atoms with van der Waals surface area (Å²) >= 11 is 0. The number of aliphatic hydroxyl groups excluding tert-OH is 1. The zero-order chi connectivity index (χ0) is 19.5. The van der Waals surface area contributed by atoms with Crippen molar-refractivity contribution in [2.24, 2.45) is 7.05 Å². The fraction of sp³-hybridized carbons (Fsp3) is 0.0870. The van der Waals surface area contributed by atoms with Crippen molar-refractivity contribution < 1.29 is 9.67 Å². The molecular weight excluding hydrogens is 348 g/mol. The van der Waals surface area contributed by atoms with Crippen LogP contribution in [0.15, 0.2) is 79.1 Å². The predicted octanol–water partition coefficient (Wildman–Crippen LogP) is 3.86. The molecule has 0 saturated carbocycles. The van der Waals surface area contributed by atoms with Gasteiger partial charge in [-0.15, -0.1) is 0 Å². The second-order valence-corrected chi connectivity index (χ2v) is 6.56. The first-order valence-electron chi connectivity index (χ1n) is 8.96. The van der Waals surface area contributed by atoms with Crippen molar-refractivity contribution in [3.8, 4) is 6.07 Å². The molecule has 4 aromatic rings. The summed E-state index contributed by atoms with van der Waals surface area (Å²) in [5.41, 5.74) is 3.62. The molecule has 0 spiro atoms. The molecule has 136 valence electrons. The number of allylic oxidation sites excluding steroid dienone is 1. The van der Waals surface area contributed by atoms with E-state index >= 15 is 0 Å². The van der Waals surface area contributed by atoms with Crippen LogP contribution < -0.4 is 4.57 Å². The van der Waals surface area contributed by atoms with Gasteiger partial charge in [0.2, 0.25) is 0 Å². The molecule has 0 radical (unpaired) electrons. The topological polar surface area (TPSA) is 65.7 Å². The number of hydrogen-bond donors (Lipinski definition) is 1. The van der Waals surface area contributed by atoms with Crippen LogP contribution in [-0.4, -0.2) is 14.7 Å². The maximum Gasteiger partial charge on any atom is 0.173 e. The summed E-state index contributed by atoms with van der Waals surface area (Å²) in [6.45, 7) is 0.738. The molecule has 0 fully saturated rings. The maximum atomic E-state index is 10.8. The highest BCUT2D eigenvalue weighted by atomic mass is 16.3. The normalized spacial score (nSPS) is 11.9. The molecule has 1 N–H and O–H groups in total. The van der Waals surface area contributed by atoms with Gasteiger partial charge in [-0.3, -0.25) is 0 Å². The fourth-order valence-electron chi connectivity index (χ4n) is 3.24. The minimum atomic E-state index is -0.0761. The highest BCUT2D eigenvalue weighted by Crippen LogP contribution is 2.25. The van der Waals surface area contributed by atoms with Crippen LogP contribution in [0.4, 0.5) is 0 Å². The summed E-state index contributed by atoms with van der Waals surface area (Å²) in [4.78, 5) is 4.52. The molecule has 4 rings (SSSR count). The summed E-state index contributed by atoms with van der Waals surface area (Å²) in [5.74, 6) is 0.370. The smallest absolute Gasteiger partial charge is 0.173 e. The van der Waals surface area contributed by atoms with E-state index in [2.05, 4.69) is 23.2 Å². The van der Waals surface area contributed by atoms with Gasteiger partial charge in [-0.1, -0.05) is 42.5 Å². The lowest BCUT2D eigenvalue weighted by Crippen LogP contribution is -2.33. The Labute approximate surface area is 163 Å². The van der Waals surface area contributed by atoms with Crippen LogP contribution in [-0.2, 0) is 13.6 Å². The summed E-state index contributed by atoms with van der Waals surface area (Å²) in [6.07, 6.45) is 3.78. The van der Waals surface area contributed by atoms with Crippen molar-refractivity contribution >= 4 is 22.4 Å². The Balaban J connectivity index is 1.69. The van der Waals surface area contributed by atoms with Crippen LogP contribution in [0, 0.1) is 11.3 Å². The molecule has 0 saturated heterocycles. The van der Waals surface area contributed by atoms with E-state index in [1.54, 1.807) is 12.1 Å². The number of para-hydroxylation sites is 2. The fourth-order valence-corrected chi connectivity index (χ4v) is 3.24. The number of imidazole rings is 1. The van der Waals surface area contributed by atoms with E-state index in [0.29, 0.717) is 11.4 Å². The van der Waals surface area contributed by atoms with E-state index in [1.807, 2.05) is 71.0 Å². The summed E-state index contributed by atoms with van der Waals surface area (Å²) in [7, 11) is 1.84. The summed E-state index contributed by atoms with van der Waals surface area (Å²) in [6, 6.07) is 23.5. The third-order valence-electron chi connectivity index (χ3n) is 4.73. The van der Waals surface area contributed by atoms with Gasteiger partial charge in [-0.05, 0) is 12.1 Å². The molecule has 2 aromatic heterocycles. The van der Waals surface area contributed by atoms with Gasteiger partial charge in [-0.2, -0.15) is 5.26 Å². The first-order chi connectivity index (χ1) is 13.7. The highest BCUT2D eigenvalue weighted by Gasteiger charge is 2.18. The number of aryl methyl sites for hydroxylation is 1. The van der Waals surface area contributed by atoms with Gasteiger partial charge in [-0.25, -0.2) is 9.55 Å². The van der Waals surface area contributed by atoms with Crippen molar-refractivity contribution in [3.63, 3.8) is 0 Å². The number of aromatic nitrogens is 3. The lowest BCUT2D eigenvalue weighted by molar-refractivity contribution is -0.688. The van der Waals surface area contributed by atoms with E-state index in [-0.39, 0.29) is 11.3 Å². The molecule has 0 bridgehead atoms. The minimum absolute atomic E-state index is 0.0761. The van der Waals surface area contributed by atoms with Crippen LogP contribution in [0.3, 0.4) is 0 Å². The van der Waals surface area contributed by atoms with Gasteiger partial charge in [0, 0.05) is 30.3 Å². The SMILES string of the molecule is Cn1c(C(C#N)=C(O)c2cc[n+](Cc3ccccc3)cc2)nc2ccccc21. The number of nitrogens with zero attached hydrogens (tertiary/aromatic N) is 4. The zero-order valence-electron chi connectivity index (χ0n) is 15.4. The molecule has 0 aliphatic rings. The van der Waals surface area contributed by atoms with Crippen LogP contribution in [0.25, 0.3) is 22.4 Å². The number of nitriles is 1. The first-order valence-corrected chi connectivity index (χ1v) is 8.96. The van der Waals surface area contributed by atoms with Gasteiger partial charge in [0.25, 0.3) is 0 Å². The van der Waals surface area contributed by atoms with Crippen molar-refractivity contribution in [1.82, 2.24) is 9.55 Å². The molecule has 0 aliphatic carbocycles. The van der Waals surface area contributed by atoms with E-state index in [4.69, 9.17) is 0 Å². The van der Waals surface area contributed by atoms with E-state index in [1.165, 1.54) is 5.56 Å². The number of pyridine rings is 1. The molecule has 0 aliphatic heterocycles. The molecule has 5 heteroatoms. The van der Waals surface area contributed by atoms with E-state index < -0.39 is 0 Å². The molecule has 0 atom stereocenters. The quantitative estimate of drug-likeness (QED) is 0.338. The van der Waals surface area contributed by atoms with Crippen molar-refractivity contribution in [3.05, 3.63) is 96.1 Å². The third-order valence-corrected chi connectivity index (χ3v) is 4.73. The second kappa shape index (κ2) is 7.37. The van der Waals surface area contributed by atoms with Gasteiger partial charge in [0.05, 0.1) is 11.0 Å². The predicted molar refractivity (Wildman–Crippen MR) is 108 cm³/mol. The summed E-state index contributed by atoms with van der Waals surface area (Å²) in [5, 5.41) is 20.4. The number of benzene rings is 2. The first kappa shape index (κ1) is 17.5. The lowest BCUT2D eigenvalue weighted by atomic mass is 10.1. The average molecular weight is 367 g/mol. The standard InChI is InChI=1S/C23H18N4O/c1-26-21-10-6-5-9-20(21)25-23(26)19(15-24)22(28)18-11-13-27(14-12-18)16-17-7-3-2-4-8-17/h2-14H,16H2,1H3/p+1. The molecule has 2 heterocycles. The Morgan fingerprint density at radius 1 is 1.04 bits per heavy atom. The molecule has 0 unspecified atom stereocenters. The second-order valence-electron chi connectivity index (χ2n) is 6.56. The van der Waals surface area contributed by atoms with Gasteiger partial charge >= 0.3 is 0 Å². The van der Waals surface area contributed by atoms with Crippen LogP contribution in [0.5, 0.6) is 0 Å². The Kier molecular flexibility index (Phi) is 4.61. The Bertz CT molecular complexity index is 1200. The number of rotatable bonds is 4. The minimum Gasteiger partial charge on any atom is -0.506 e. The Morgan fingerprint density at radius 3 is 2.39 bits per heavy atom. The van der Waals surface area contributed by atoms with Crippen molar-refractivity contribution in [1.29, 1.82) is 5.26 Å². The Hall–Kier alpha value is -3.91. The van der Waals surface area contributed by atoms with Gasteiger partial charge < -0.3 is 9.67 Å². The number of hydrogen-bond acceptors (Lipinski definition) is 3. The van der Waals surface area contributed by atoms with Crippen LogP contribution in [0.1, 0.15) is 17.0 Å². The zero-order valence-corrected chi connectivity index (χ0v) is 15.4. The molecule has 0 amide bonds. The van der Waals surface area contributed by atoms with E-state index in [9.17, 15) is 10.4 Å². The molecule has 28 heavy (non-hydrogen) atoms. The third kappa shape index (κ3) is 3.24. The van der Waals surface area contributed by atoms with Crippen LogP contribution >= 0.6 is 0 Å². The number of aliphatic hydroxyl groups is 1. The van der Waals surface area contributed by atoms with E-state index in [0.717, 1.165) is 17.6 Å². The van der Waals surface area contributed by atoms with Crippen molar-refractivity contribution in [2.45, 2.75) is 6.54 Å². The summed E-state index contributed by atoms with van der Waals surface area (Å²) < 4.78 is 3.84. The van der Waals surface area contributed by atoms with Crippen molar-refractivity contribution in [2.75, 3.05) is 0 Å².